The molecule has 0 spiro atoms. The van der Waals surface area contributed by atoms with Crippen molar-refractivity contribution in [1.29, 1.82) is 0 Å². The van der Waals surface area contributed by atoms with E-state index in [1.54, 1.807) is 0 Å². The first-order chi connectivity index (χ1) is 8.76. The Morgan fingerprint density at radius 3 is 2.94 bits per heavy atom. The van der Waals surface area contributed by atoms with Gasteiger partial charge in [0.25, 0.3) is 0 Å². The molecule has 0 saturated heterocycles. The van der Waals surface area contributed by atoms with E-state index in [4.69, 9.17) is 5.73 Å². The molecule has 0 atom stereocenters. The summed E-state index contributed by atoms with van der Waals surface area (Å²) in [7, 11) is 0. The van der Waals surface area contributed by atoms with Crippen molar-refractivity contribution in [1.82, 2.24) is 4.90 Å². The Balaban J connectivity index is 2.03. The Labute approximate surface area is 108 Å². The van der Waals surface area contributed by atoms with Crippen molar-refractivity contribution in [3.8, 4) is 0 Å². The smallest absolute Gasteiger partial charge is 0.241 e. The van der Waals surface area contributed by atoms with Crippen LogP contribution >= 0.6 is 0 Å². The molecule has 0 aliphatic carbocycles. The molecule has 4 heteroatoms. The third-order valence-corrected chi connectivity index (χ3v) is 3.44. The molecule has 0 unspecified atom stereocenters. The Morgan fingerprint density at radius 1 is 1.44 bits per heavy atom. The summed E-state index contributed by atoms with van der Waals surface area (Å²) >= 11 is 0. The van der Waals surface area contributed by atoms with E-state index in [1.807, 2.05) is 23.1 Å². The maximum absolute atomic E-state index is 12.3. The lowest BCUT2D eigenvalue weighted by atomic mass is 10.2. The van der Waals surface area contributed by atoms with Gasteiger partial charge in [0.15, 0.2) is 0 Å². The van der Waals surface area contributed by atoms with Gasteiger partial charge in [-0.05, 0) is 24.6 Å². The summed E-state index contributed by atoms with van der Waals surface area (Å²) in [6.07, 6.45) is 0.963. The molecule has 4 nitrogen and oxygen atoms in total. The second-order valence-electron chi connectivity index (χ2n) is 4.58. The van der Waals surface area contributed by atoms with E-state index in [0.717, 1.165) is 31.7 Å². The Morgan fingerprint density at radius 2 is 2.22 bits per heavy atom. The van der Waals surface area contributed by atoms with Crippen LogP contribution in [0.3, 0.4) is 0 Å². The highest BCUT2D eigenvalue weighted by Crippen LogP contribution is 2.27. The number of amides is 1. The second-order valence-corrected chi connectivity index (χ2v) is 4.58. The van der Waals surface area contributed by atoms with Gasteiger partial charge in [-0.2, -0.15) is 0 Å². The number of hydrogen-bond donors (Lipinski definition) is 1. The second kappa shape index (κ2) is 5.98. The zero-order chi connectivity index (χ0) is 13.0. The predicted octanol–water partition coefficient (Wildman–Crippen LogP) is 0.856. The molecule has 1 heterocycles. The molecule has 0 fully saturated rings. The molecule has 0 saturated carbocycles. The van der Waals surface area contributed by atoms with Crippen molar-refractivity contribution in [2.75, 3.05) is 37.6 Å². The number of carbonyl (C=O) groups excluding carboxylic acids is 1. The summed E-state index contributed by atoms with van der Waals surface area (Å²) in [5.41, 5.74) is 7.89. The molecule has 2 rings (SSSR count). The molecule has 1 amide bonds. The van der Waals surface area contributed by atoms with E-state index in [1.165, 1.54) is 5.56 Å². The molecular formula is C14H21N3O. The normalized spacial score (nSPS) is 14.1. The maximum Gasteiger partial charge on any atom is 0.241 e. The lowest BCUT2D eigenvalue weighted by Gasteiger charge is -2.23. The predicted molar refractivity (Wildman–Crippen MR) is 73.7 cm³/mol. The highest BCUT2D eigenvalue weighted by Gasteiger charge is 2.24. The molecule has 1 aliphatic heterocycles. The summed E-state index contributed by atoms with van der Waals surface area (Å²) in [5, 5.41) is 0. The van der Waals surface area contributed by atoms with Crippen LogP contribution in [0.15, 0.2) is 24.3 Å². The molecule has 0 radical (unpaired) electrons. The molecule has 0 bridgehead atoms. The van der Waals surface area contributed by atoms with Gasteiger partial charge in [0.1, 0.15) is 0 Å². The first-order valence-corrected chi connectivity index (χ1v) is 6.57. The number of carbonyl (C=O) groups is 1. The van der Waals surface area contributed by atoms with Crippen molar-refractivity contribution in [2.24, 2.45) is 5.73 Å². The lowest BCUT2D eigenvalue weighted by Crippen LogP contribution is -2.41. The number of para-hydroxylation sites is 1. The van der Waals surface area contributed by atoms with Gasteiger partial charge in [0.05, 0.1) is 6.54 Å². The Kier molecular flexibility index (Phi) is 4.33. The van der Waals surface area contributed by atoms with Crippen LogP contribution in [-0.4, -0.2) is 43.5 Å². The van der Waals surface area contributed by atoms with Crippen LogP contribution < -0.4 is 10.6 Å². The highest BCUT2D eigenvalue weighted by molar-refractivity contribution is 5.96. The number of nitrogens with zero attached hydrogens (tertiary/aromatic N) is 2. The number of fused-ring (bicyclic) bond motifs is 1. The van der Waals surface area contributed by atoms with Crippen molar-refractivity contribution < 1.29 is 4.79 Å². The van der Waals surface area contributed by atoms with Crippen molar-refractivity contribution >= 4 is 11.6 Å². The van der Waals surface area contributed by atoms with Crippen LogP contribution in [0.2, 0.25) is 0 Å². The van der Waals surface area contributed by atoms with Crippen molar-refractivity contribution in [3.63, 3.8) is 0 Å². The largest absolute Gasteiger partial charge is 0.329 e. The number of rotatable bonds is 5. The summed E-state index contributed by atoms with van der Waals surface area (Å²) in [4.78, 5) is 16.3. The molecule has 0 aromatic heterocycles. The third-order valence-electron chi connectivity index (χ3n) is 3.44. The van der Waals surface area contributed by atoms with Crippen molar-refractivity contribution in [3.05, 3.63) is 29.8 Å². The zero-order valence-electron chi connectivity index (χ0n) is 10.9. The van der Waals surface area contributed by atoms with Gasteiger partial charge in [-0.1, -0.05) is 25.1 Å². The topological polar surface area (TPSA) is 49.6 Å². The van der Waals surface area contributed by atoms with Crippen LogP contribution in [0.5, 0.6) is 0 Å². The summed E-state index contributed by atoms with van der Waals surface area (Å²) in [6.45, 7) is 5.55. The SMILES string of the molecule is CCN(CCN)CC(=O)N1CCc2ccccc21. The fourth-order valence-corrected chi connectivity index (χ4v) is 2.41. The standard InChI is InChI=1S/C14H21N3O/c1-2-16(10-8-15)11-14(18)17-9-7-12-5-3-4-6-13(12)17/h3-6H,2,7-11,15H2,1H3. The van der Waals surface area contributed by atoms with E-state index in [9.17, 15) is 4.79 Å². The molecule has 2 N–H and O–H groups in total. The number of benzene rings is 1. The van der Waals surface area contributed by atoms with Crippen LogP contribution in [0.4, 0.5) is 5.69 Å². The van der Waals surface area contributed by atoms with Crippen LogP contribution in [-0.2, 0) is 11.2 Å². The Hall–Kier alpha value is -1.39. The first-order valence-electron chi connectivity index (χ1n) is 6.57. The van der Waals surface area contributed by atoms with E-state index < -0.39 is 0 Å². The van der Waals surface area contributed by atoms with E-state index in [0.29, 0.717) is 13.1 Å². The fourth-order valence-electron chi connectivity index (χ4n) is 2.41. The monoisotopic (exact) mass is 247 g/mol. The number of hydrogen-bond acceptors (Lipinski definition) is 3. The van der Waals surface area contributed by atoms with Gasteiger partial charge in [-0.25, -0.2) is 0 Å². The summed E-state index contributed by atoms with van der Waals surface area (Å²) < 4.78 is 0. The number of anilines is 1. The highest BCUT2D eigenvalue weighted by atomic mass is 16.2. The van der Waals surface area contributed by atoms with E-state index >= 15 is 0 Å². The quantitative estimate of drug-likeness (QED) is 0.839. The molecule has 1 aromatic rings. The molecule has 18 heavy (non-hydrogen) atoms. The third kappa shape index (κ3) is 2.71. The van der Waals surface area contributed by atoms with E-state index in [-0.39, 0.29) is 5.91 Å². The maximum atomic E-state index is 12.3. The van der Waals surface area contributed by atoms with Gasteiger partial charge in [0.2, 0.25) is 5.91 Å². The summed E-state index contributed by atoms with van der Waals surface area (Å²) in [6, 6.07) is 8.14. The minimum atomic E-state index is 0.176. The molecular weight excluding hydrogens is 226 g/mol. The van der Waals surface area contributed by atoms with Crippen LogP contribution in [0.25, 0.3) is 0 Å². The van der Waals surface area contributed by atoms with Crippen LogP contribution in [0.1, 0.15) is 12.5 Å². The minimum absolute atomic E-state index is 0.176. The van der Waals surface area contributed by atoms with Crippen molar-refractivity contribution in [2.45, 2.75) is 13.3 Å². The number of likely N-dealkylation sites (N-methyl/N-ethyl adjacent to an activating group) is 1. The van der Waals surface area contributed by atoms with Crippen LogP contribution in [0, 0.1) is 0 Å². The lowest BCUT2D eigenvalue weighted by molar-refractivity contribution is -0.119. The average molecular weight is 247 g/mol. The first kappa shape index (κ1) is 13.1. The van der Waals surface area contributed by atoms with Gasteiger partial charge in [-0.15, -0.1) is 0 Å². The van der Waals surface area contributed by atoms with Gasteiger partial charge in [-0.3, -0.25) is 9.69 Å². The Bertz CT molecular complexity index is 419. The zero-order valence-corrected chi connectivity index (χ0v) is 10.9. The van der Waals surface area contributed by atoms with Gasteiger partial charge in [0, 0.05) is 25.3 Å². The minimum Gasteiger partial charge on any atom is -0.329 e. The molecule has 1 aromatic carbocycles. The molecule has 1 aliphatic rings. The fraction of sp³-hybridized carbons (Fsp3) is 0.500. The van der Waals surface area contributed by atoms with Gasteiger partial charge < -0.3 is 10.6 Å². The van der Waals surface area contributed by atoms with Gasteiger partial charge >= 0.3 is 0 Å². The summed E-state index contributed by atoms with van der Waals surface area (Å²) in [5.74, 6) is 0.176. The average Bonchev–Trinajstić information content (AvgIpc) is 2.82. The van der Waals surface area contributed by atoms with E-state index in [2.05, 4.69) is 17.9 Å². The molecule has 98 valence electrons. The number of nitrogens with two attached hydrogens (primary N) is 1.